The van der Waals surface area contributed by atoms with Crippen molar-refractivity contribution in [2.45, 2.75) is 20.8 Å². The van der Waals surface area contributed by atoms with Crippen LogP contribution in [0.1, 0.15) is 22.3 Å². The van der Waals surface area contributed by atoms with E-state index in [1.807, 2.05) is 51.1 Å². The minimum Gasteiger partial charge on any atom is -0.497 e. The lowest BCUT2D eigenvalue weighted by molar-refractivity contribution is -0.111. The molecule has 0 aliphatic heterocycles. The van der Waals surface area contributed by atoms with Crippen LogP contribution in [0.5, 0.6) is 5.75 Å². The van der Waals surface area contributed by atoms with Crippen LogP contribution in [-0.4, -0.2) is 13.0 Å². The van der Waals surface area contributed by atoms with E-state index in [2.05, 4.69) is 5.32 Å². The molecule has 0 aliphatic carbocycles. The molecule has 4 heteroatoms. The number of nitrogens with one attached hydrogen (secondary N) is 1. The largest absolute Gasteiger partial charge is 0.497 e. The molecule has 120 valence electrons. The van der Waals surface area contributed by atoms with E-state index in [0.29, 0.717) is 5.02 Å². The molecular weight excluding hydrogens is 310 g/mol. The number of hydrogen-bond acceptors (Lipinski definition) is 2. The van der Waals surface area contributed by atoms with Crippen molar-refractivity contribution in [3.05, 3.63) is 63.7 Å². The first-order valence-electron chi connectivity index (χ1n) is 7.31. The zero-order chi connectivity index (χ0) is 17.0. The van der Waals surface area contributed by atoms with E-state index in [0.717, 1.165) is 33.7 Å². The first-order valence-corrected chi connectivity index (χ1v) is 7.69. The number of amides is 1. The second-order valence-corrected chi connectivity index (χ2v) is 5.82. The van der Waals surface area contributed by atoms with Crippen molar-refractivity contribution in [3.63, 3.8) is 0 Å². The third kappa shape index (κ3) is 4.14. The summed E-state index contributed by atoms with van der Waals surface area (Å²) in [5, 5.41) is 3.48. The van der Waals surface area contributed by atoms with Crippen LogP contribution in [0.15, 0.2) is 36.4 Å². The highest BCUT2D eigenvalue weighted by Gasteiger charge is 2.06. The monoisotopic (exact) mass is 329 g/mol. The highest BCUT2D eigenvalue weighted by molar-refractivity contribution is 6.31. The molecule has 0 fully saturated rings. The van der Waals surface area contributed by atoms with Gasteiger partial charge in [0, 0.05) is 16.8 Å². The van der Waals surface area contributed by atoms with E-state index in [9.17, 15) is 4.79 Å². The Morgan fingerprint density at radius 1 is 1.17 bits per heavy atom. The topological polar surface area (TPSA) is 38.3 Å². The Kier molecular flexibility index (Phi) is 5.45. The molecule has 0 bridgehead atoms. The molecule has 0 radical (unpaired) electrons. The van der Waals surface area contributed by atoms with Crippen molar-refractivity contribution < 1.29 is 9.53 Å². The Morgan fingerprint density at radius 3 is 2.43 bits per heavy atom. The Labute approximate surface area is 141 Å². The molecule has 23 heavy (non-hydrogen) atoms. The molecule has 0 aliphatic rings. The quantitative estimate of drug-likeness (QED) is 0.808. The van der Waals surface area contributed by atoms with Gasteiger partial charge >= 0.3 is 0 Å². The van der Waals surface area contributed by atoms with Crippen molar-refractivity contribution in [2.24, 2.45) is 0 Å². The van der Waals surface area contributed by atoms with E-state index < -0.39 is 0 Å². The predicted octanol–water partition coefficient (Wildman–Crippen LogP) is 4.93. The van der Waals surface area contributed by atoms with Gasteiger partial charge in [0.05, 0.1) is 7.11 Å². The molecule has 2 aromatic rings. The molecule has 0 heterocycles. The molecule has 0 atom stereocenters. The number of benzene rings is 2. The zero-order valence-corrected chi connectivity index (χ0v) is 14.5. The van der Waals surface area contributed by atoms with Crippen LogP contribution in [0.25, 0.3) is 6.08 Å². The molecule has 0 spiro atoms. The smallest absolute Gasteiger partial charge is 0.248 e. The Hall–Kier alpha value is -2.26. The summed E-state index contributed by atoms with van der Waals surface area (Å²) < 4.78 is 5.24. The number of aryl methyl sites for hydroxylation is 2. The second-order valence-electron chi connectivity index (χ2n) is 5.41. The van der Waals surface area contributed by atoms with Gasteiger partial charge in [-0.1, -0.05) is 17.7 Å². The fourth-order valence-electron chi connectivity index (χ4n) is 2.39. The third-order valence-electron chi connectivity index (χ3n) is 3.73. The second kappa shape index (κ2) is 7.34. The van der Waals surface area contributed by atoms with Gasteiger partial charge in [-0.25, -0.2) is 0 Å². The van der Waals surface area contributed by atoms with Crippen LogP contribution in [0, 0.1) is 20.8 Å². The van der Waals surface area contributed by atoms with Crippen molar-refractivity contribution in [3.8, 4) is 5.75 Å². The minimum absolute atomic E-state index is 0.190. The number of carbonyl (C=O) groups is 1. The van der Waals surface area contributed by atoms with Crippen molar-refractivity contribution in [1.82, 2.24) is 0 Å². The first-order chi connectivity index (χ1) is 10.9. The lowest BCUT2D eigenvalue weighted by Gasteiger charge is -2.09. The Bertz CT molecular complexity index is 743. The molecule has 3 nitrogen and oxygen atoms in total. The maximum atomic E-state index is 12.1. The number of carbonyl (C=O) groups excluding carboxylic acids is 1. The number of anilines is 1. The average Bonchev–Trinajstić information content (AvgIpc) is 2.50. The van der Waals surface area contributed by atoms with Gasteiger partial charge in [-0.05, 0) is 73.4 Å². The van der Waals surface area contributed by atoms with Crippen LogP contribution >= 0.6 is 11.6 Å². The van der Waals surface area contributed by atoms with Gasteiger partial charge in [-0.3, -0.25) is 4.79 Å². The van der Waals surface area contributed by atoms with Crippen LogP contribution in [0.4, 0.5) is 5.69 Å². The summed E-state index contributed by atoms with van der Waals surface area (Å²) in [7, 11) is 1.64. The Balaban J connectivity index is 2.17. The summed E-state index contributed by atoms with van der Waals surface area (Å²) in [6.45, 7) is 5.86. The standard InChI is InChI=1S/C19H20ClNO2/c1-12-10-15(23-4)11-13(2)16(12)8-9-19(22)21-18-7-5-6-17(20)14(18)3/h5-11H,1-4H3,(H,21,22)/b9-8+. The van der Waals surface area contributed by atoms with Gasteiger partial charge in [0.15, 0.2) is 0 Å². The zero-order valence-electron chi connectivity index (χ0n) is 13.7. The number of halogens is 1. The summed E-state index contributed by atoms with van der Waals surface area (Å²) >= 11 is 6.06. The van der Waals surface area contributed by atoms with E-state index in [1.54, 1.807) is 13.2 Å². The normalized spacial score (nSPS) is 10.8. The van der Waals surface area contributed by atoms with Gasteiger partial charge in [-0.2, -0.15) is 0 Å². The van der Waals surface area contributed by atoms with Gasteiger partial charge < -0.3 is 10.1 Å². The number of hydrogen-bond donors (Lipinski definition) is 1. The summed E-state index contributed by atoms with van der Waals surface area (Å²) in [5.41, 5.74) is 4.71. The lowest BCUT2D eigenvalue weighted by atomic mass is 10.0. The van der Waals surface area contributed by atoms with Gasteiger partial charge in [0.2, 0.25) is 5.91 Å². The average molecular weight is 330 g/mol. The third-order valence-corrected chi connectivity index (χ3v) is 4.14. The fourth-order valence-corrected chi connectivity index (χ4v) is 2.57. The maximum absolute atomic E-state index is 12.1. The summed E-state index contributed by atoms with van der Waals surface area (Å²) in [4.78, 5) is 12.1. The van der Waals surface area contributed by atoms with Crippen molar-refractivity contribution >= 4 is 29.3 Å². The van der Waals surface area contributed by atoms with Crippen LogP contribution in [-0.2, 0) is 4.79 Å². The van der Waals surface area contributed by atoms with E-state index in [-0.39, 0.29) is 5.91 Å². The molecule has 0 saturated carbocycles. The predicted molar refractivity (Wildman–Crippen MR) is 96.3 cm³/mol. The van der Waals surface area contributed by atoms with E-state index >= 15 is 0 Å². The molecule has 1 amide bonds. The molecule has 0 unspecified atom stereocenters. The van der Waals surface area contributed by atoms with Crippen molar-refractivity contribution in [2.75, 3.05) is 12.4 Å². The molecule has 0 saturated heterocycles. The molecule has 0 aromatic heterocycles. The number of ether oxygens (including phenoxy) is 1. The maximum Gasteiger partial charge on any atom is 0.248 e. The molecule has 2 aromatic carbocycles. The van der Waals surface area contributed by atoms with Gasteiger partial charge in [-0.15, -0.1) is 0 Å². The number of methoxy groups -OCH3 is 1. The molecular formula is C19H20ClNO2. The summed E-state index contributed by atoms with van der Waals surface area (Å²) in [6, 6.07) is 9.34. The summed E-state index contributed by atoms with van der Waals surface area (Å²) in [6.07, 6.45) is 3.35. The van der Waals surface area contributed by atoms with Gasteiger partial charge in [0.1, 0.15) is 5.75 Å². The SMILES string of the molecule is COc1cc(C)c(/C=C/C(=O)Nc2cccc(Cl)c2C)c(C)c1. The van der Waals surface area contributed by atoms with Crippen LogP contribution in [0.2, 0.25) is 5.02 Å². The van der Waals surface area contributed by atoms with Crippen LogP contribution < -0.4 is 10.1 Å². The highest BCUT2D eigenvalue weighted by atomic mass is 35.5. The highest BCUT2D eigenvalue weighted by Crippen LogP contribution is 2.24. The van der Waals surface area contributed by atoms with E-state index in [1.165, 1.54) is 6.08 Å². The number of rotatable bonds is 4. The van der Waals surface area contributed by atoms with E-state index in [4.69, 9.17) is 16.3 Å². The molecule has 2 rings (SSSR count). The first kappa shape index (κ1) is 17.1. The fraction of sp³-hybridized carbons (Fsp3) is 0.211. The van der Waals surface area contributed by atoms with Crippen LogP contribution in [0.3, 0.4) is 0 Å². The minimum atomic E-state index is -0.190. The summed E-state index contributed by atoms with van der Waals surface area (Å²) in [5.74, 6) is 0.626. The lowest BCUT2D eigenvalue weighted by Crippen LogP contribution is -2.09. The van der Waals surface area contributed by atoms with Gasteiger partial charge in [0.25, 0.3) is 0 Å². The Morgan fingerprint density at radius 2 is 1.83 bits per heavy atom. The molecule has 1 N–H and O–H groups in total. The van der Waals surface area contributed by atoms with Crippen molar-refractivity contribution in [1.29, 1.82) is 0 Å².